The molecule has 0 aromatic carbocycles. The molecular weight excluding hydrogens is 254 g/mol. The molecule has 2 atom stereocenters. The van der Waals surface area contributed by atoms with Crippen molar-refractivity contribution in [3.05, 3.63) is 22.4 Å². The van der Waals surface area contributed by atoms with Gasteiger partial charge in [0, 0.05) is 29.9 Å². The average Bonchev–Trinajstić information content (AvgIpc) is 3.08. The quantitative estimate of drug-likeness (QED) is 0.839. The van der Waals surface area contributed by atoms with Crippen LogP contribution < -0.4 is 5.32 Å². The first-order valence-corrected chi connectivity index (χ1v) is 8.09. The van der Waals surface area contributed by atoms with Crippen molar-refractivity contribution in [2.24, 2.45) is 5.92 Å². The van der Waals surface area contributed by atoms with Gasteiger partial charge in [-0.3, -0.25) is 4.90 Å². The lowest BCUT2D eigenvalue weighted by molar-refractivity contribution is 0.189. The van der Waals surface area contributed by atoms with Crippen LogP contribution in [0.3, 0.4) is 0 Å². The van der Waals surface area contributed by atoms with E-state index in [0.717, 1.165) is 19.0 Å². The molecule has 3 nitrogen and oxygen atoms in total. The van der Waals surface area contributed by atoms with E-state index in [1.165, 1.54) is 30.7 Å². The van der Waals surface area contributed by atoms with Crippen LogP contribution in [0.4, 0.5) is 0 Å². The molecule has 1 saturated carbocycles. The van der Waals surface area contributed by atoms with E-state index in [1.807, 2.05) is 11.3 Å². The van der Waals surface area contributed by atoms with Gasteiger partial charge < -0.3 is 5.32 Å². The van der Waals surface area contributed by atoms with E-state index in [-0.39, 0.29) is 0 Å². The molecule has 2 unspecified atom stereocenters. The van der Waals surface area contributed by atoms with Gasteiger partial charge in [0.1, 0.15) is 0 Å². The van der Waals surface area contributed by atoms with Crippen LogP contribution in [0.5, 0.6) is 0 Å². The first kappa shape index (κ1) is 13.1. The molecule has 2 aliphatic rings. The van der Waals surface area contributed by atoms with Crippen LogP contribution in [-0.4, -0.2) is 37.1 Å². The van der Waals surface area contributed by atoms with E-state index in [4.69, 9.17) is 5.26 Å². The Morgan fingerprint density at radius 2 is 2.32 bits per heavy atom. The van der Waals surface area contributed by atoms with E-state index in [9.17, 15) is 0 Å². The molecule has 2 heterocycles. The molecule has 4 heteroatoms. The molecule has 0 amide bonds. The number of rotatable bonds is 5. The normalized spacial score (nSPS) is 28.2. The molecule has 2 fully saturated rings. The molecule has 0 bridgehead atoms. The highest BCUT2D eigenvalue weighted by molar-refractivity contribution is 7.10. The van der Waals surface area contributed by atoms with Gasteiger partial charge >= 0.3 is 0 Å². The molecule has 1 saturated heterocycles. The molecule has 1 aromatic heterocycles. The zero-order chi connectivity index (χ0) is 13.1. The second-order valence-electron chi connectivity index (χ2n) is 5.85. The van der Waals surface area contributed by atoms with Gasteiger partial charge in [0.2, 0.25) is 0 Å². The SMILES string of the molecule is N#CCN1CC(NCC2CC2)CC(c2cccs2)C1. The molecule has 19 heavy (non-hydrogen) atoms. The Bertz CT molecular complexity index is 433. The molecule has 1 N–H and O–H groups in total. The summed E-state index contributed by atoms with van der Waals surface area (Å²) >= 11 is 1.85. The summed E-state index contributed by atoms with van der Waals surface area (Å²) in [5.41, 5.74) is 0. The Balaban J connectivity index is 1.61. The average molecular weight is 275 g/mol. The number of piperidine rings is 1. The van der Waals surface area contributed by atoms with Crippen molar-refractivity contribution >= 4 is 11.3 Å². The second-order valence-corrected chi connectivity index (χ2v) is 6.83. The van der Waals surface area contributed by atoms with Gasteiger partial charge in [-0.2, -0.15) is 5.26 Å². The van der Waals surface area contributed by atoms with E-state index in [0.29, 0.717) is 18.5 Å². The maximum absolute atomic E-state index is 8.94. The standard InChI is InChI=1S/C15H21N3S/c16-5-6-18-10-13(15-2-1-7-19-15)8-14(11-18)17-9-12-3-4-12/h1-2,7,12-14,17H,3-4,6,8-11H2. The van der Waals surface area contributed by atoms with Crippen molar-refractivity contribution in [2.45, 2.75) is 31.2 Å². The Kier molecular flexibility index (Phi) is 4.17. The van der Waals surface area contributed by atoms with Crippen LogP contribution in [0.2, 0.25) is 0 Å². The first-order valence-electron chi connectivity index (χ1n) is 7.21. The fourth-order valence-corrected chi connectivity index (χ4v) is 3.79. The summed E-state index contributed by atoms with van der Waals surface area (Å²) in [6.07, 6.45) is 4.02. The predicted octanol–water partition coefficient (Wildman–Crippen LogP) is 2.43. The molecule has 1 aromatic rings. The van der Waals surface area contributed by atoms with E-state index in [2.05, 4.69) is 33.8 Å². The monoisotopic (exact) mass is 275 g/mol. The minimum Gasteiger partial charge on any atom is -0.312 e. The zero-order valence-corrected chi connectivity index (χ0v) is 12.0. The van der Waals surface area contributed by atoms with E-state index in [1.54, 1.807) is 0 Å². The smallest absolute Gasteiger partial charge is 0.0866 e. The van der Waals surface area contributed by atoms with Gasteiger partial charge in [-0.15, -0.1) is 11.3 Å². The fraction of sp³-hybridized carbons (Fsp3) is 0.667. The number of thiophene rings is 1. The third-order valence-corrected chi connectivity index (χ3v) is 5.19. The van der Waals surface area contributed by atoms with Crippen LogP contribution in [0.15, 0.2) is 17.5 Å². The van der Waals surface area contributed by atoms with Crippen LogP contribution in [0, 0.1) is 17.2 Å². The van der Waals surface area contributed by atoms with Gasteiger partial charge in [0.25, 0.3) is 0 Å². The first-order chi connectivity index (χ1) is 9.35. The van der Waals surface area contributed by atoms with Gasteiger partial charge in [0.05, 0.1) is 12.6 Å². The highest BCUT2D eigenvalue weighted by atomic mass is 32.1. The Labute approximate surface area is 119 Å². The maximum atomic E-state index is 8.94. The molecule has 1 aliphatic heterocycles. The second kappa shape index (κ2) is 6.04. The van der Waals surface area contributed by atoms with Gasteiger partial charge in [0.15, 0.2) is 0 Å². The van der Waals surface area contributed by atoms with Crippen LogP contribution in [0.1, 0.15) is 30.1 Å². The van der Waals surface area contributed by atoms with Gasteiger partial charge in [-0.05, 0) is 43.2 Å². The highest BCUT2D eigenvalue weighted by Gasteiger charge is 2.30. The Hall–Kier alpha value is -0.890. The minimum absolute atomic E-state index is 0.551. The molecular formula is C15H21N3S. The number of nitrogens with zero attached hydrogens (tertiary/aromatic N) is 2. The number of nitrogens with one attached hydrogen (secondary N) is 1. The maximum Gasteiger partial charge on any atom is 0.0866 e. The van der Waals surface area contributed by atoms with E-state index < -0.39 is 0 Å². The molecule has 1 aliphatic carbocycles. The van der Waals surface area contributed by atoms with Crippen molar-refractivity contribution in [1.29, 1.82) is 5.26 Å². The van der Waals surface area contributed by atoms with Crippen LogP contribution >= 0.6 is 11.3 Å². The van der Waals surface area contributed by atoms with Crippen molar-refractivity contribution in [2.75, 3.05) is 26.2 Å². The Morgan fingerprint density at radius 3 is 3.00 bits per heavy atom. The van der Waals surface area contributed by atoms with Crippen molar-refractivity contribution < 1.29 is 0 Å². The summed E-state index contributed by atoms with van der Waals surface area (Å²) in [5.74, 6) is 1.52. The number of nitriles is 1. The molecule has 0 spiro atoms. The topological polar surface area (TPSA) is 39.1 Å². The third-order valence-electron chi connectivity index (χ3n) is 4.16. The lowest BCUT2D eigenvalue weighted by Gasteiger charge is -2.36. The number of likely N-dealkylation sites (tertiary alicyclic amines) is 1. The molecule has 0 radical (unpaired) electrons. The summed E-state index contributed by atoms with van der Waals surface area (Å²) < 4.78 is 0. The lowest BCUT2D eigenvalue weighted by atomic mass is 9.92. The number of hydrogen-bond acceptors (Lipinski definition) is 4. The van der Waals surface area contributed by atoms with Crippen LogP contribution in [-0.2, 0) is 0 Å². The number of hydrogen-bond donors (Lipinski definition) is 1. The van der Waals surface area contributed by atoms with Crippen molar-refractivity contribution in [1.82, 2.24) is 10.2 Å². The van der Waals surface area contributed by atoms with Crippen molar-refractivity contribution in [3.8, 4) is 6.07 Å². The lowest BCUT2D eigenvalue weighted by Crippen LogP contribution is -2.48. The summed E-state index contributed by atoms with van der Waals surface area (Å²) in [5, 5.41) is 14.8. The molecule has 3 rings (SSSR count). The minimum atomic E-state index is 0.551. The summed E-state index contributed by atoms with van der Waals surface area (Å²) in [6.45, 7) is 3.80. The summed E-state index contributed by atoms with van der Waals surface area (Å²) in [7, 11) is 0. The fourth-order valence-electron chi connectivity index (χ4n) is 2.95. The molecule has 102 valence electrons. The third kappa shape index (κ3) is 3.56. The van der Waals surface area contributed by atoms with Crippen molar-refractivity contribution in [3.63, 3.8) is 0 Å². The highest BCUT2D eigenvalue weighted by Crippen LogP contribution is 2.31. The largest absolute Gasteiger partial charge is 0.312 e. The van der Waals surface area contributed by atoms with E-state index >= 15 is 0 Å². The zero-order valence-electron chi connectivity index (χ0n) is 11.2. The summed E-state index contributed by atoms with van der Waals surface area (Å²) in [4.78, 5) is 3.78. The van der Waals surface area contributed by atoms with Crippen LogP contribution in [0.25, 0.3) is 0 Å². The Morgan fingerprint density at radius 1 is 1.42 bits per heavy atom. The predicted molar refractivity (Wildman–Crippen MR) is 78.2 cm³/mol. The summed E-state index contributed by atoms with van der Waals surface area (Å²) in [6, 6.07) is 7.23. The van der Waals surface area contributed by atoms with Gasteiger partial charge in [-0.1, -0.05) is 6.07 Å². The van der Waals surface area contributed by atoms with Gasteiger partial charge in [-0.25, -0.2) is 0 Å².